The van der Waals surface area contributed by atoms with Crippen LogP contribution in [0.4, 0.5) is 4.39 Å². The normalized spacial score (nSPS) is 11.0. The number of amides is 1. The van der Waals surface area contributed by atoms with Gasteiger partial charge >= 0.3 is 0 Å². The Bertz CT molecular complexity index is 1010. The molecule has 0 fully saturated rings. The SMILES string of the molecule is Cc1cc(C)c(CNC(=O)c2sc3cc(F)ccc3c2Cl)c(=O)[nH]1. The molecule has 2 N–H and O–H groups in total. The zero-order valence-corrected chi connectivity index (χ0v) is 14.6. The Hall–Kier alpha value is -2.18. The van der Waals surface area contributed by atoms with Gasteiger partial charge in [0, 0.05) is 27.9 Å². The van der Waals surface area contributed by atoms with Gasteiger partial charge in [0.1, 0.15) is 10.7 Å². The number of halogens is 2. The molecule has 0 saturated heterocycles. The number of carbonyl (C=O) groups excluding carboxylic acids is 1. The summed E-state index contributed by atoms with van der Waals surface area (Å²) < 4.78 is 13.9. The molecule has 0 unspecified atom stereocenters. The summed E-state index contributed by atoms with van der Waals surface area (Å²) in [5.41, 5.74) is 1.85. The monoisotopic (exact) mass is 364 g/mol. The molecule has 0 aliphatic rings. The molecule has 2 aromatic heterocycles. The third-order valence-electron chi connectivity index (χ3n) is 3.72. The fraction of sp³-hybridized carbons (Fsp3) is 0.176. The molecular formula is C17H14ClFN2O2S. The van der Waals surface area contributed by atoms with E-state index in [1.807, 2.05) is 13.0 Å². The Balaban J connectivity index is 1.86. The first kappa shape index (κ1) is 16.7. The number of aryl methyl sites for hydroxylation is 2. The van der Waals surface area contributed by atoms with Gasteiger partial charge in [0.15, 0.2) is 0 Å². The van der Waals surface area contributed by atoms with Crippen LogP contribution in [0.15, 0.2) is 29.1 Å². The van der Waals surface area contributed by atoms with Crippen LogP contribution >= 0.6 is 22.9 Å². The molecule has 4 nitrogen and oxygen atoms in total. The lowest BCUT2D eigenvalue weighted by atomic mass is 10.1. The van der Waals surface area contributed by atoms with E-state index in [-0.39, 0.29) is 23.8 Å². The molecule has 0 spiro atoms. The minimum Gasteiger partial charge on any atom is -0.347 e. The maximum atomic E-state index is 13.3. The number of rotatable bonds is 3. The highest BCUT2D eigenvalue weighted by Gasteiger charge is 2.18. The Labute approximate surface area is 146 Å². The molecule has 2 heterocycles. The molecule has 7 heteroatoms. The van der Waals surface area contributed by atoms with E-state index in [1.54, 1.807) is 13.0 Å². The first-order valence-corrected chi connectivity index (χ1v) is 8.41. The van der Waals surface area contributed by atoms with Crippen molar-refractivity contribution in [3.05, 3.63) is 67.2 Å². The first-order valence-electron chi connectivity index (χ1n) is 7.22. The highest BCUT2D eigenvalue weighted by molar-refractivity contribution is 7.21. The van der Waals surface area contributed by atoms with Crippen molar-refractivity contribution in [2.45, 2.75) is 20.4 Å². The van der Waals surface area contributed by atoms with Crippen molar-refractivity contribution >= 4 is 38.9 Å². The van der Waals surface area contributed by atoms with Gasteiger partial charge in [0.2, 0.25) is 0 Å². The topological polar surface area (TPSA) is 62.0 Å². The van der Waals surface area contributed by atoms with Crippen LogP contribution < -0.4 is 10.9 Å². The third kappa shape index (κ3) is 3.07. The fourth-order valence-electron chi connectivity index (χ4n) is 2.54. The van der Waals surface area contributed by atoms with Crippen LogP contribution in [-0.2, 0) is 6.54 Å². The Kier molecular flexibility index (Phi) is 4.43. The predicted molar refractivity (Wildman–Crippen MR) is 94.5 cm³/mol. The average Bonchev–Trinajstić information content (AvgIpc) is 2.82. The van der Waals surface area contributed by atoms with Crippen LogP contribution in [0.25, 0.3) is 10.1 Å². The van der Waals surface area contributed by atoms with E-state index in [0.29, 0.717) is 25.5 Å². The number of nitrogens with one attached hydrogen (secondary N) is 2. The van der Waals surface area contributed by atoms with Gasteiger partial charge in [0.25, 0.3) is 11.5 Å². The number of aromatic nitrogens is 1. The van der Waals surface area contributed by atoms with Gasteiger partial charge in [-0.1, -0.05) is 11.6 Å². The predicted octanol–water partition coefficient (Wildman–Crippen LogP) is 3.93. The summed E-state index contributed by atoms with van der Waals surface area (Å²) in [5.74, 6) is -0.768. The van der Waals surface area contributed by atoms with E-state index in [1.165, 1.54) is 12.1 Å². The van der Waals surface area contributed by atoms with Crippen molar-refractivity contribution < 1.29 is 9.18 Å². The summed E-state index contributed by atoms with van der Waals surface area (Å²) in [4.78, 5) is 27.4. The van der Waals surface area contributed by atoms with Gasteiger partial charge < -0.3 is 10.3 Å². The second-order valence-corrected chi connectivity index (χ2v) is 6.94. The molecule has 1 aromatic carbocycles. The molecule has 1 amide bonds. The number of thiophene rings is 1. The summed E-state index contributed by atoms with van der Waals surface area (Å²) in [6.07, 6.45) is 0. The van der Waals surface area contributed by atoms with Crippen molar-refractivity contribution in [2.24, 2.45) is 0 Å². The second-order valence-electron chi connectivity index (χ2n) is 5.51. The van der Waals surface area contributed by atoms with Gasteiger partial charge in [-0.3, -0.25) is 9.59 Å². The minimum atomic E-state index is -0.388. The highest BCUT2D eigenvalue weighted by Crippen LogP contribution is 2.35. The molecule has 3 aromatic rings. The number of aromatic amines is 1. The molecule has 0 saturated carbocycles. The van der Waals surface area contributed by atoms with Crippen molar-refractivity contribution in [2.75, 3.05) is 0 Å². The Morgan fingerprint density at radius 3 is 2.79 bits per heavy atom. The van der Waals surface area contributed by atoms with Crippen LogP contribution in [0.1, 0.15) is 26.5 Å². The summed E-state index contributed by atoms with van der Waals surface area (Å²) in [6, 6.07) is 6.04. The number of pyridine rings is 1. The molecule has 0 aliphatic heterocycles. The molecule has 0 bridgehead atoms. The molecule has 0 atom stereocenters. The number of H-pyrrole nitrogens is 1. The Morgan fingerprint density at radius 1 is 1.33 bits per heavy atom. The largest absolute Gasteiger partial charge is 0.347 e. The summed E-state index contributed by atoms with van der Waals surface area (Å²) in [6.45, 7) is 3.71. The first-order chi connectivity index (χ1) is 11.4. The molecule has 0 aliphatic carbocycles. The van der Waals surface area contributed by atoms with E-state index in [4.69, 9.17) is 11.6 Å². The van der Waals surface area contributed by atoms with Crippen molar-refractivity contribution in [3.63, 3.8) is 0 Å². The number of hydrogen-bond acceptors (Lipinski definition) is 3. The van der Waals surface area contributed by atoms with E-state index in [9.17, 15) is 14.0 Å². The van der Waals surface area contributed by atoms with E-state index in [0.717, 1.165) is 22.6 Å². The zero-order chi connectivity index (χ0) is 17.4. The minimum absolute atomic E-state index is 0.0964. The van der Waals surface area contributed by atoms with Crippen LogP contribution in [0.3, 0.4) is 0 Å². The highest BCUT2D eigenvalue weighted by atomic mass is 35.5. The second kappa shape index (κ2) is 6.37. The van der Waals surface area contributed by atoms with Crippen LogP contribution in [-0.4, -0.2) is 10.9 Å². The lowest BCUT2D eigenvalue weighted by Gasteiger charge is -2.07. The van der Waals surface area contributed by atoms with E-state index < -0.39 is 0 Å². The smallest absolute Gasteiger partial charge is 0.263 e. The van der Waals surface area contributed by atoms with Gasteiger partial charge in [-0.25, -0.2) is 4.39 Å². The maximum Gasteiger partial charge on any atom is 0.263 e. The molecule has 0 radical (unpaired) electrons. The van der Waals surface area contributed by atoms with Crippen LogP contribution in [0, 0.1) is 19.7 Å². The van der Waals surface area contributed by atoms with Gasteiger partial charge in [-0.2, -0.15) is 0 Å². The van der Waals surface area contributed by atoms with Gasteiger partial charge in [-0.15, -0.1) is 11.3 Å². The number of hydrogen-bond donors (Lipinski definition) is 2. The average molecular weight is 365 g/mol. The number of benzene rings is 1. The summed E-state index contributed by atoms with van der Waals surface area (Å²) in [5, 5.41) is 3.64. The summed E-state index contributed by atoms with van der Waals surface area (Å²) in [7, 11) is 0. The van der Waals surface area contributed by atoms with Crippen molar-refractivity contribution in [3.8, 4) is 0 Å². The number of fused-ring (bicyclic) bond motifs is 1. The molecule has 3 rings (SSSR count). The van der Waals surface area contributed by atoms with Crippen molar-refractivity contribution in [1.29, 1.82) is 0 Å². The Morgan fingerprint density at radius 2 is 2.08 bits per heavy atom. The van der Waals surface area contributed by atoms with Crippen molar-refractivity contribution in [1.82, 2.24) is 10.3 Å². The fourth-order valence-corrected chi connectivity index (χ4v) is 3.99. The van der Waals surface area contributed by atoms with Gasteiger partial charge in [-0.05, 0) is 43.7 Å². The van der Waals surface area contributed by atoms with E-state index in [2.05, 4.69) is 10.3 Å². The standard InChI is InChI=1S/C17H14ClFN2O2S/c1-8-5-9(2)21-16(22)12(8)7-20-17(23)15-14(18)11-4-3-10(19)6-13(11)24-15/h3-6H,7H2,1-2H3,(H,20,23)(H,21,22). The quantitative estimate of drug-likeness (QED) is 0.739. The molecule has 24 heavy (non-hydrogen) atoms. The lowest BCUT2D eigenvalue weighted by Crippen LogP contribution is -2.27. The summed E-state index contributed by atoms with van der Waals surface area (Å²) >= 11 is 7.35. The van der Waals surface area contributed by atoms with Gasteiger partial charge in [0.05, 0.1) is 5.02 Å². The van der Waals surface area contributed by atoms with E-state index >= 15 is 0 Å². The van der Waals surface area contributed by atoms with Crippen LogP contribution in [0.5, 0.6) is 0 Å². The van der Waals surface area contributed by atoms with Crippen LogP contribution in [0.2, 0.25) is 5.02 Å². The molecular weight excluding hydrogens is 351 g/mol. The third-order valence-corrected chi connectivity index (χ3v) is 5.37. The zero-order valence-electron chi connectivity index (χ0n) is 13.0. The lowest BCUT2D eigenvalue weighted by molar-refractivity contribution is 0.0955. The molecule has 124 valence electrons. The number of carbonyl (C=O) groups is 1. The maximum absolute atomic E-state index is 13.3.